The Bertz CT molecular complexity index is 394. The van der Waals surface area contributed by atoms with Gasteiger partial charge in [0.2, 0.25) is 0 Å². The molecule has 1 aromatic carbocycles. The Morgan fingerprint density at radius 3 is 2.55 bits per heavy atom. The minimum Gasteiger partial charge on any atom is -0.492 e. The molecule has 0 aliphatic rings. The van der Waals surface area contributed by atoms with Crippen LogP contribution in [-0.2, 0) is 6.42 Å². The first kappa shape index (κ1) is 17.3. The maximum atomic E-state index is 6.28. The molecule has 0 radical (unpaired) electrons. The van der Waals surface area contributed by atoms with Crippen molar-refractivity contribution in [1.29, 1.82) is 0 Å². The molecule has 1 rings (SSSR count). The summed E-state index contributed by atoms with van der Waals surface area (Å²) in [5.74, 6) is 0.869. The lowest BCUT2D eigenvalue weighted by atomic mass is 10.0. The summed E-state index contributed by atoms with van der Waals surface area (Å²) in [6.07, 6.45) is 1.70. The van der Waals surface area contributed by atoms with E-state index in [2.05, 4.69) is 25.7 Å². The van der Waals surface area contributed by atoms with Gasteiger partial charge in [0, 0.05) is 23.2 Å². The average Bonchev–Trinajstić information content (AvgIpc) is 2.46. The van der Waals surface area contributed by atoms with Gasteiger partial charge in [-0.1, -0.05) is 38.4 Å². The molecule has 0 fully saturated rings. The maximum absolute atomic E-state index is 6.28. The van der Waals surface area contributed by atoms with Crippen LogP contribution < -0.4 is 10.5 Å². The fourth-order valence-corrected chi connectivity index (χ4v) is 2.35. The number of halogens is 1. The Balaban J connectivity index is 2.67. The lowest BCUT2D eigenvalue weighted by Gasteiger charge is -2.20. The van der Waals surface area contributed by atoms with E-state index < -0.39 is 0 Å². The third kappa shape index (κ3) is 5.31. The summed E-state index contributed by atoms with van der Waals surface area (Å²) < 4.78 is 5.92. The Kier molecular flexibility index (Phi) is 7.97. The van der Waals surface area contributed by atoms with E-state index >= 15 is 0 Å². The van der Waals surface area contributed by atoms with Crippen LogP contribution in [0.3, 0.4) is 0 Å². The van der Waals surface area contributed by atoms with Crippen molar-refractivity contribution in [3.63, 3.8) is 0 Å². The molecule has 0 aromatic heterocycles. The summed E-state index contributed by atoms with van der Waals surface area (Å²) in [6.45, 7) is 10.1. The molecule has 114 valence electrons. The third-order valence-electron chi connectivity index (χ3n) is 3.63. The van der Waals surface area contributed by atoms with Crippen LogP contribution in [0.4, 0.5) is 0 Å². The van der Waals surface area contributed by atoms with Gasteiger partial charge in [-0.3, -0.25) is 0 Å². The summed E-state index contributed by atoms with van der Waals surface area (Å²) in [5, 5.41) is 0.745. The molecule has 1 unspecified atom stereocenters. The fraction of sp³-hybridized carbons (Fsp3) is 0.625. The number of nitrogens with two attached hydrogens (primary N) is 1. The van der Waals surface area contributed by atoms with E-state index in [1.807, 2.05) is 18.2 Å². The molecule has 0 aliphatic heterocycles. The highest BCUT2D eigenvalue weighted by atomic mass is 35.5. The molecule has 2 N–H and O–H groups in total. The van der Waals surface area contributed by atoms with Crippen molar-refractivity contribution in [3.8, 4) is 5.75 Å². The van der Waals surface area contributed by atoms with E-state index in [0.29, 0.717) is 6.61 Å². The van der Waals surface area contributed by atoms with E-state index in [1.54, 1.807) is 0 Å². The zero-order valence-corrected chi connectivity index (χ0v) is 13.6. The second-order valence-corrected chi connectivity index (χ2v) is 5.37. The second-order valence-electron chi connectivity index (χ2n) is 4.96. The van der Waals surface area contributed by atoms with Gasteiger partial charge in [-0.2, -0.15) is 0 Å². The number of benzene rings is 1. The van der Waals surface area contributed by atoms with Crippen molar-refractivity contribution >= 4 is 11.6 Å². The Hall–Kier alpha value is -0.770. The summed E-state index contributed by atoms with van der Waals surface area (Å²) in [6, 6.07) is 5.93. The summed E-state index contributed by atoms with van der Waals surface area (Å²) in [7, 11) is 0. The number of rotatable bonds is 9. The minimum atomic E-state index is 0.125. The smallest absolute Gasteiger partial charge is 0.124 e. The standard InChI is InChI=1S/C16H27ClN2O/c1-4-13(18)12-14-15(17)8-7-9-16(14)20-11-10-19(5-2)6-3/h7-9,13H,4-6,10-12,18H2,1-3H3. The van der Waals surface area contributed by atoms with Crippen molar-refractivity contribution in [1.82, 2.24) is 4.90 Å². The van der Waals surface area contributed by atoms with E-state index in [-0.39, 0.29) is 6.04 Å². The zero-order valence-electron chi connectivity index (χ0n) is 12.9. The van der Waals surface area contributed by atoms with Gasteiger partial charge in [0.25, 0.3) is 0 Å². The van der Waals surface area contributed by atoms with Gasteiger partial charge in [-0.05, 0) is 38.1 Å². The van der Waals surface area contributed by atoms with Gasteiger partial charge in [-0.15, -0.1) is 0 Å². The molecule has 1 aromatic rings. The molecule has 0 spiro atoms. The Labute approximate surface area is 128 Å². The van der Waals surface area contributed by atoms with Gasteiger partial charge in [0.05, 0.1) is 0 Å². The highest BCUT2D eigenvalue weighted by Gasteiger charge is 2.12. The number of likely N-dealkylation sites (N-methyl/N-ethyl adjacent to an activating group) is 1. The van der Waals surface area contributed by atoms with Crippen molar-refractivity contribution in [2.24, 2.45) is 5.73 Å². The number of hydrogen-bond acceptors (Lipinski definition) is 3. The Morgan fingerprint density at radius 1 is 1.25 bits per heavy atom. The van der Waals surface area contributed by atoms with E-state index in [0.717, 1.165) is 48.8 Å². The molecule has 4 heteroatoms. The first-order valence-corrected chi connectivity index (χ1v) is 7.88. The number of ether oxygens (including phenoxy) is 1. The molecule has 20 heavy (non-hydrogen) atoms. The zero-order chi connectivity index (χ0) is 15.0. The third-order valence-corrected chi connectivity index (χ3v) is 3.98. The van der Waals surface area contributed by atoms with Crippen LogP contribution in [0.5, 0.6) is 5.75 Å². The van der Waals surface area contributed by atoms with Gasteiger partial charge >= 0.3 is 0 Å². The summed E-state index contributed by atoms with van der Waals surface area (Å²) in [5.41, 5.74) is 7.07. The summed E-state index contributed by atoms with van der Waals surface area (Å²) in [4.78, 5) is 2.34. The fourth-order valence-electron chi connectivity index (χ4n) is 2.10. The van der Waals surface area contributed by atoms with Gasteiger partial charge in [-0.25, -0.2) is 0 Å². The van der Waals surface area contributed by atoms with E-state index in [4.69, 9.17) is 22.1 Å². The molecule has 0 saturated heterocycles. The number of nitrogens with zero attached hydrogens (tertiary/aromatic N) is 1. The molecular formula is C16H27ClN2O. The van der Waals surface area contributed by atoms with Crippen LogP contribution in [0.15, 0.2) is 18.2 Å². The molecule has 1 atom stereocenters. The van der Waals surface area contributed by atoms with Crippen LogP contribution in [0.1, 0.15) is 32.8 Å². The Morgan fingerprint density at radius 2 is 1.95 bits per heavy atom. The summed E-state index contributed by atoms with van der Waals surface area (Å²) >= 11 is 6.28. The molecule has 0 amide bonds. The number of hydrogen-bond donors (Lipinski definition) is 1. The van der Waals surface area contributed by atoms with Crippen LogP contribution in [0.25, 0.3) is 0 Å². The largest absolute Gasteiger partial charge is 0.492 e. The average molecular weight is 299 g/mol. The molecular weight excluding hydrogens is 272 g/mol. The van der Waals surface area contributed by atoms with Crippen LogP contribution in [0.2, 0.25) is 5.02 Å². The lowest BCUT2D eigenvalue weighted by Crippen LogP contribution is -2.28. The van der Waals surface area contributed by atoms with Crippen LogP contribution >= 0.6 is 11.6 Å². The van der Waals surface area contributed by atoms with Gasteiger partial charge in [0.15, 0.2) is 0 Å². The van der Waals surface area contributed by atoms with Crippen LogP contribution in [0, 0.1) is 0 Å². The molecule has 0 aliphatic carbocycles. The normalized spacial score (nSPS) is 12.7. The van der Waals surface area contributed by atoms with Gasteiger partial charge in [0.1, 0.15) is 12.4 Å². The predicted molar refractivity (Wildman–Crippen MR) is 86.7 cm³/mol. The first-order valence-electron chi connectivity index (χ1n) is 7.50. The molecule has 0 saturated carbocycles. The van der Waals surface area contributed by atoms with Crippen molar-refractivity contribution in [2.45, 2.75) is 39.7 Å². The predicted octanol–water partition coefficient (Wildman–Crippen LogP) is 3.34. The lowest BCUT2D eigenvalue weighted by molar-refractivity contribution is 0.221. The molecule has 0 heterocycles. The SMILES string of the molecule is CCC(N)Cc1c(Cl)cccc1OCCN(CC)CC. The van der Waals surface area contributed by atoms with Gasteiger partial charge < -0.3 is 15.4 Å². The van der Waals surface area contributed by atoms with E-state index in [9.17, 15) is 0 Å². The topological polar surface area (TPSA) is 38.5 Å². The maximum Gasteiger partial charge on any atom is 0.124 e. The highest BCUT2D eigenvalue weighted by Crippen LogP contribution is 2.28. The molecule has 0 bridgehead atoms. The second kappa shape index (κ2) is 9.22. The molecule has 3 nitrogen and oxygen atoms in total. The van der Waals surface area contributed by atoms with Crippen LogP contribution in [-0.4, -0.2) is 37.2 Å². The van der Waals surface area contributed by atoms with Crippen molar-refractivity contribution in [2.75, 3.05) is 26.2 Å². The quantitative estimate of drug-likeness (QED) is 0.760. The highest BCUT2D eigenvalue weighted by molar-refractivity contribution is 6.31. The van der Waals surface area contributed by atoms with Crippen molar-refractivity contribution < 1.29 is 4.74 Å². The van der Waals surface area contributed by atoms with E-state index in [1.165, 1.54) is 0 Å². The first-order chi connectivity index (χ1) is 9.62. The monoisotopic (exact) mass is 298 g/mol. The van der Waals surface area contributed by atoms with Crippen molar-refractivity contribution in [3.05, 3.63) is 28.8 Å². The minimum absolute atomic E-state index is 0.125.